The molecule has 0 aromatic heterocycles. The third-order valence-electron chi connectivity index (χ3n) is 2.29. The number of benzene rings is 1. The topological polar surface area (TPSA) is 26.3 Å². The molecule has 0 heterocycles. The molecule has 0 spiro atoms. The average Bonchev–Trinajstić information content (AvgIpc) is 2.28. The highest BCUT2D eigenvalue weighted by Crippen LogP contribution is 2.20. The molecular weight excluding hydrogens is 268 g/mol. The molecule has 0 aliphatic rings. The van der Waals surface area contributed by atoms with Gasteiger partial charge < -0.3 is 4.74 Å². The van der Waals surface area contributed by atoms with Crippen LogP contribution in [0.1, 0.15) is 31.1 Å². The summed E-state index contributed by atoms with van der Waals surface area (Å²) in [6.07, 6.45) is 0. The Morgan fingerprint density at radius 1 is 1.31 bits per heavy atom. The average molecular weight is 285 g/mol. The van der Waals surface area contributed by atoms with Crippen molar-refractivity contribution in [3.05, 3.63) is 29.8 Å². The number of hydrogen-bond acceptors (Lipinski definition) is 2. The summed E-state index contributed by atoms with van der Waals surface area (Å²) in [6, 6.07) is 7.28. The van der Waals surface area contributed by atoms with Gasteiger partial charge in [-0.05, 0) is 37.1 Å². The first kappa shape index (κ1) is 13.2. The van der Waals surface area contributed by atoms with E-state index in [1.165, 1.54) is 0 Å². The quantitative estimate of drug-likeness (QED) is 0.609. The summed E-state index contributed by atoms with van der Waals surface area (Å²) in [5.74, 6) is 1.21. The van der Waals surface area contributed by atoms with E-state index in [0.29, 0.717) is 12.5 Å². The molecule has 0 N–H and O–H groups in total. The molecule has 0 saturated heterocycles. The Bertz CT molecular complexity index is 343. The summed E-state index contributed by atoms with van der Waals surface area (Å²) < 4.78 is 5.33. The van der Waals surface area contributed by atoms with Gasteiger partial charge in [-0.15, -0.1) is 0 Å². The van der Waals surface area contributed by atoms with Crippen molar-refractivity contribution in [3.63, 3.8) is 0 Å². The summed E-state index contributed by atoms with van der Waals surface area (Å²) in [4.78, 5) is 11.8. The fraction of sp³-hybridized carbons (Fsp3) is 0.462. The lowest BCUT2D eigenvalue weighted by atomic mass is 10.0. The molecule has 88 valence electrons. The van der Waals surface area contributed by atoms with Crippen LogP contribution in [-0.4, -0.2) is 17.2 Å². The second-order valence-electron chi connectivity index (χ2n) is 3.97. The molecule has 0 bridgehead atoms. The molecule has 1 unspecified atom stereocenters. The summed E-state index contributed by atoms with van der Waals surface area (Å²) in [6.45, 7) is 6.62. The molecule has 0 aliphatic carbocycles. The molecule has 0 saturated carbocycles. The summed E-state index contributed by atoms with van der Waals surface area (Å²) in [7, 11) is 0. The van der Waals surface area contributed by atoms with Crippen LogP contribution in [0.15, 0.2) is 24.3 Å². The molecule has 1 aromatic carbocycles. The van der Waals surface area contributed by atoms with Gasteiger partial charge in [0.25, 0.3) is 0 Å². The van der Waals surface area contributed by atoms with Gasteiger partial charge in [0.05, 0.1) is 11.4 Å². The van der Waals surface area contributed by atoms with Crippen LogP contribution >= 0.6 is 15.9 Å². The number of alkyl halides is 1. The van der Waals surface area contributed by atoms with Gasteiger partial charge in [-0.2, -0.15) is 0 Å². The van der Waals surface area contributed by atoms with Crippen molar-refractivity contribution >= 4 is 21.7 Å². The molecule has 2 nitrogen and oxygen atoms in total. The van der Waals surface area contributed by atoms with E-state index >= 15 is 0 Å². The molecule has 0 fully saturated rings. The molecular formula is C13H17BrO2. The maximum Gasteiger partial charge on any atom is 0.176 e. The molecule has 0 amide bonds. The fourth-order valence-electron chi connectivity index (χ4n) is 1.34. The Hall–Kier alpha value is -0.830. The lowest BCUT2D eigenvalue weighted by molar-refractivity contribution is 0.0978. The highest BCUT2D eigenvalue weighted by Gasteiger charge is 2.19. The molecule has 1 rings (SSSR count). The van der Waals surface area contributed by atoms with Crippen LogP contribution < -0.4 is 4.74 Å². The first-order chi connectivity index (χ1) is 7.56. The Balaban J connectivity index is 2.77. The van der Waals surface area contributed by atoms with E-state index in [4.69, 9.17) is 4.74 Å². The predicted molar refractivity (Wildman–Crippen MR) is 69.5 cm³/mol. The van der Waals surface area contributed by atoms with E-state index in [9.17, 15) is 4.79 Å². The van der Waals surface area contributed by atoms with Crippen LogP contribution in [0, 0.1) is 5.92 Å². The van der Waals surface area contributed by atoms with Crippen molar-refractivity contribution in [2.24, 2.45) is 5.92 Å². The Morgan fingerprint density at radius 2 is 1.88 bits per heavy atom. The van der Waals surface area contributed by atoms with Crippen LogP contribution in [-0.2, 0) is 0 Å². The molecule has 0 aliphatic heterocycles. The number of ketones is 1. The van der Waals surface area contributed by atoms with E-state index in [2.05, 4.69) is 15.9 Å². The normalized spacial score (nSPS) is 12.6. The van der Waals surface area contributed by atoms with Crippen molar-refractivity contribution in [2.75, 3.05) is 6.61 Å². The number of carbonyl (C=O) groups excluding carboxylic acids is 1. The molecule has 1 aromatic rings. The van der Waals surface area contributed by atoms with E-state index in [0.717, 1.165) is 11.3 Å². The zero-order valence-electron chi connectivity index (χ0n) is 9.87. The highest BCUT2D eigenvalue weighted by molar-refractivity contribution is 9.10. The SMILES string of the molecule is CCOc1ccc(C(=O)C(Br)C(C)C)cc1. The van der Waals surface area contributed by atoms with Crippen molar-refractivity contribution in [2.45, 2.75) is 25.6 Å². The van der Waals surface area contributed by atoms with Crippen molar-refractivity contribution < 1.29 is 9.53 Å². The van der Waals surface area contributed by atoms with Gasteiger partial charge in [-0.3, -0.25) is 4.79 Å². The number of rotatable bonds is 5. The zero-order valence-corrected chi connectivity index (χ0v) is 11.5. The molecule has 16 heavy (non-hydrogen) atoms. The monoisotopic (exact) mass is 284 g/mol. The van der Waals surface area contributed by atoms with Crippen LogP contribution in [0.4, 0.5) is 0 Å². The van der Waals surface area contributed by atoms with Crippen LogP contribution in [0.25, 0.3) is 0 Å². The van der Waals surface area contributed by atoms with Crippen LogP contribution in [0.5, 0.6) is 5.75 Å². The Labute approximate surface area is 105 Å². The predicted octanol–water partition coefficient (Wildman–Crippen LogP) is 3.69. The van der Waals surface area contributed by atoms with Gasteiger partial charge in [0.1, 0.15) is 5.75 Å². The number of hydrogen-bond donors (Lipinski definition) is 0. The van der Waals surface area contributed by atoms with Gasteiger partial charge in [-0.25, -0.2) is 0 Å². The largest absolute Gasteiger partial charge is 0.494 e. The van der Waals surface area contributed by atoms with Crippen molar-refractivity contribution in [1.29, 1.82) is 0 Å². The standard InChI is InChI=1S/C13H17BrO2/c1-4-16-11-7-5-10(6-8-11)13(15)12(14)9(2)3/h5-9,12H,4H2,1-3H3. The summed E-state index contributed by atoms with van der Waals surface area (Å²) >= 11 is 3.41. The number of Topliss-reactive ketones (excluding diaryl/α,β-unsaturated/α-hetero) is 1. The van der Waals surface area contributed by atoms with E-state index in [1.807, 2.05) is 45.0 Å². The minimum absolute atomic E-state index is 0.120. The third kappa shape index (κ3) is 3.34. The molecule has 0 radical (unpaired) electrons. The maximum atomic E-state index is 12.0. The number of carbonyl (C=O) groups is 1. The summed E-state index contributed by atoms with van der Waals surface area (Å²) in [5, 5.41) is 0. The van der Waals surface area contributed by atoms with E-state index in [-0.39, 0.29) is 10.6 Å². The summed E-state index contributed by atoms with van der Waals surface area (Å²) in [5.41, 5.74) is 0.721. The smallest absolute Gasteiger partial charge is 0.176 e. The van der Waals surface area contributed by atoms with Gasteiger partial charge in [-0.1, -0.05) is 29.8 Å². The van der Waals surface area contributed by atoms with Gasteiger partial charge in [0, 0.05) is 5.56 Å². The molecule has 3 heteroatoms. The van der Waals surface area contributed by atoms with Gasteiger partial charge in [0.15, 0.2) is 5.78 Å². The van der Waals surface area contributed by atoms with E-state index < -0.39 is 0 Å². The van der Waals surface area contributed by atoms with Gasteiger partial charge >= 0.3 is 0 Å². The molecule has 1 atom stereocenters. The first-order valence-electron chi connectivity index (χ1n) is 5.47. The zero-order chi connectivity index (χ0) is 12.1. The minimum Gasteiger partial charge on any atom is -0.494 e. The minimum atomic E-state index is -0.120. The highest BCUT2D eigenvalue weighted by atomic mass is 79.9. The van der Waals surface area contributed by atoms with Crippen LogP contribution in [0.2, 0.25) is 0 Å². The van der Waals surface area contributed by atoms with E-state index in [1.54, 1.807) is 0 Å². The Morgan fingerprint density at radius 3 is 2.31 bits per heavy atom. The second-order valence-corrected chi connectivity index (χ2v) is 4.95. The Kier molecular flexibility index (Phi) is 5.00. The second kappa shape index (κ2) is 6.04. The fourth-order valence-corrected chi connectivity index (χ4v) is 1.61. The maximum absolute atomic E-state index is 12.0. The lowest BCUT2D eigenvalue weighted by Gasteiger charge is -2.12. The first-order valence-corrected chi connectivity index (χ1v) is 6.39. The van der Waals surface area contributed by atoms with Crippen molar-refractivity contribution in [1.82, 2.24) is 0 Å². The number of ether oxygens (including phenoxy) is 1. The van der Waals surface area contributed by atoms with Crippen LogP contribution in [0.3, 0.4) is 0 Å². The number of halogens is 1. The lowest BCUT2D eigenvalue weighted by Crippen LogP contribution is -2.19. The van der Waals surface area contributed by atoms with Crippen molar-refractivity contribution in [3.8, 4) is 5.75 Å². The third-order valence-corrected chi connectivity index (χ3v) is 3.76. The van der Waals surface area contributed by atoms with Gasteiger partial charge in [0.2, 0.25) is 0 Å².